The predicted octanol–water partition coefficient (Wildman–Crippen LogP) is 4.05. The Hall–Kier alpha value is -1.00. The smallest absolute Gasteiger partial charge is 0.125 e. The summed E-state index contributed by atoms with van der Waals surface area (Å²) in [7, 11) is 0. The molecule has 0 spiro atoms. The van der Waals surface area contributed by atoms with E-state index in [2.05, 4.69) is 31.2 Å². The summed E-state index contributed by atoms with van der Waals surface area (Å²) in [4.78, 5) is 7.63. The largest absolute Gasteiger partial charge is 0.378 e. The molecule has 0 unspecified atom stereocenters. The molecule has 0 saturated heterocycles. The number of nitrogens with one attached hydrogen (secondary N) is 2. The highest BCUT2D eigenvalue weighted by Gasteiger charge is 2.03. The van der Waals surface area contributed by atoms with E-state index in [0.29, 0.717) is 11.6 Å². The van der Waals surface area contributed by atoms with E-state index in [-0.39, 0.29) is 0 Å². The Balaban J connectivity index is 2.07. The van der Waals surface area contributed by atoms with Gasteiger partial charge in [-0.1, -0.05) is 27.5 Å². The Kier molecular flexibility index (Phi) is 3.74. The fourth-order valence-electron chi connectivity index (χ4n) is 1.55. The molecule has 0 aliphatic carbocycles. The maximum atomic E-state index is 5.97. The van der Waals surface area contributed by atoms with Gasteiger partial charge in [0.05, 0.1) is 12.2 Å². The number of anilines is 1. The lowest BCUT2D eigenvalue weighted by molar-refractivity contribution is 0.987. The van der Waals surface area contributed by atoms with Crippen LogP contribution >= 0.6 is 27.5 Å². The second-order valence-corrected chi connectivity index (χ2v) is 5.26. The van der Waals surface area contributed by atoms with Crippen LogP contribution in [-0.2, 0) is 6.54 Å². The molecule has 1 heterocycles. The summed E-state index contributed by atoms with van der Waals surface area (Å²) >= 11 is 9.37. The Morgan fingerprint density at radius 1 is 1.35 bits per heavy atom. The Labute approximate surface area is 114 Å². The molecule has 5 heteroatoms. The molecular formula is C12H13BrClN3. The summed E-state index contributed by atoms with van der Waals surface area (Å²) in [5.74, 6) is 0.927. The number of hydrogen-bond acceptors (Lipinski definition) is 2. The molecule has 2 aromatic rings. The van der Waals surface area contributed by atoms with Crippen molar-refractivity contribution in [2.24, 2.45) is 0 Å². The van der Waals surface area contributed by atoms with Gasteiger partial charge in [-0.15, -0.1) is 0 Å². The molecule has 0 bridgehead atoms. The first-order valence-corrected chi connectivity index (χ1v) is 6.44. The Morgan fingerprint density at radius 3 is 2.71 bits per heavy atom. The number of H-pyrrole nitrogens is 1. The molecule has 0 saturated carbocycles. The van der Waals surface area contributed by atoms with E-state index < -0.39 is 0 Å². The zero-order valence-corrected chi connectivity index (χ0v) is 12.0. The number of hydrogen-bond donors (Lipinski definition) is 2. The number of benzene rings is 1. The number of rotatable bonds is 3. The van der Waals surface area contributed by atoms with Crippen LogP contribution in [-0.4, -0.2) is 9.97 Å². The van der Waals surface area contributed by atoms with Crippen LogP contribution in [0, 0.1) is 13.8 Å². The van der Waals surface area contributed by atoms with Gasteiger partial charge in [0.2, 0.25) is 0 Å². The van der Waals surface area contributed by atoms with Gasteiger partial charge in [-0.25, -0.2) is 4.98 Å². The molecule has 2 N–H and O–H groups in total. The number of nitrogens with zero attached hydrogens (tertiary/aromatic N) is 1. The number of aryl methyl sites for hydroxylation is 2. The first kappa shape index (κ1) is 12.5. The average molecular weight is 315 g/mol. The molecular weight excluding hydrogens is 302 g/mol. The molecule has 3 nitrogen and oxygen atoms in total. The fourth-order valence-corrected chi connectivity index (χ4v) is 2.41. The van der Waals surface area contributed by atoms with E-state index >= 15 is 0 Å². The molecule has 0 aliphatic rings. The lowest BCUT2D eigenvalue weighted by Crippen LogP contribution is -2.01. The summed E-state index contributed by atoms with van der Waals surface area (Å²) in [6, 6.07) is 5.72. The summed E-state index contributed by atoms with van der Waals surface area (Å²) < 4.78 is 0.958. The third-order valence-corrected chi connectivity index (χ3v) is 3.18. The minimum atomic E-state index is 0.654. The fraction of sp³-hybridized carbons (Fsp3) is 0.250. The van der Waals surface area contributed by atoms with Crippen LogP contribution < -0.4 is 5.32 Å². The zero-order valence-electron chi connectivity index (χ0n) is 9.64. The number of imidazole rings is 1. The van der Waals surface area contributed by atoms with Gasteiger partial charge in [0, 0.05) is 20.9 Å². The molecule has 2 rings (SSSR count). The zero-order chi connectivity index (χ0) is 12.4. The molecule has 0 aliphatic heterocycles. The van der Waals surface area contributed by atoms with Gasteiger partial charge in [0.1, 0.15) is 5.82 Å². The lowest BCUT2D eigenvalue weighted by atomic mass is 10.3. The van der Waals surface area contributed by atoms with Crippen molar-refractivity contribution in [1.82, 2.24) is 9.97 Å². The first-order chi connectivity index (χ1) is 8.04. The molecule has 0 fully saturated rings. The van der Waals surface area contributed by atoms with Crippen molar-refractivity contribution >= 4 is 33.2 Å². The minimum absolute atomic E-state index is 0.654. The summed E-state index contributed by atoms with van der Waals surface area (Å²) in [6.45, 7) is 4.66. The minimum Gasteiger partial charge on any atom is -0.378 e. The Bertz CT molecular complexity index is 497. The highest BCUT2D eigenvalue weighted by atomic mass is 79.9. The van der Waals surface area contributed by atoms with Crippen LogP contribution in [0.25, 0.3) is 0 Å². The van der Waals surface area contributed by atoms with Crippen molar-refractivity contribution in [2.45, 2.75) is 20.4 Å². The average Bonchev–Trinajstić information content (AvgIpc) is 2.54. The SMILES string of the molecule is Cc1nc(CNc2cc(Cl)cc(Br)c2)[nH]c1C. The normalized spacial score (nSPS) is 10.6. The van der Waals surface area contributed by atoms with Crippen LogP contribution in [0.3, 0.4) is 0 Å². The van der Waals surface area contributed by atoms with Crippen molar-refractivity contribution in [2.75, 3.05) is 5.32 Å². The summed E-state index contributed by atoms with van der Waals surface area (Å²) in [6.07, 6.45) is 0. The van der Waals surface area contributed by atoms with Gasteiger partial charge < -0.3 is 10.3 Å². The van der Waals surface area contributed by atoms with Gasteiger partial charge in [0.15, 0.2) is 0 Å². The monoisotopic (exact) mass is 313 g/mol. The molecule has 0 amide bonds. The molecule has 1 aromatic heterocycles. The quantitative estimate of drug-likeness (QED) is 0.897. The molecule has 0 radical (unpaired) electrons. The lowest BCUT2D eigenvalue weighted by Gasteiger charge is -2.05. The highest BCUT2D eigenvalue weighted by molar-refractivity contribution is 9.10. The van der Waals surface area contributed by atoms with Crippen molar-refractivity contribution in [3.8, 4) is 0 Å². The van der Waals surface area contributed by atoms with Crippen molar-refractivity contribution in [3.63, 3.8) is 0 Å². The maximum Gasteiger partial charge on any atom is 0.125 e. The van der Waals surface area contributed by atoms with Gasteiger partial charge in [0.25, 0.3) is 0 Å². The third-order valence-electron chi connectivity index (χ3n) is 2.50. The van der Waals surface area contributed by atoms with E-state index in [1.54, 1.807) is 0 Å². The van der Waals surface area contributed by atoms with Crippen molar-refractivity contribution < 1.29 is 0 Å². The molecule has 1 aromatic carbocycles. The van der Waals surface area contributed by atoms with Gasteiger partial charge >= 0.3 is 0 Å². The Morgan fingerprint density at radius 2 is 2.12 bits per heavy atom. The van der Waals surface area contributed by atoms with Crippen LogP contribution in [0.2, 0.25) is 5.02 Å². The third kappa shape index (κ3) is 3.23. The standard InChI is InChI=1S/C12H13BrClN3/c1-7-8(2)17-12(16-7)6-15-11-4-9(13)3-10(14)5-11/h3-5,15H,6H2,1-2H3,(H,16,17). The number of halogens is 2. The van der Waals surface area contributed by atoms with Crippen LogP contribution in [0.5, 0.6) is 0 Å². The topological polar surface area (TPSA) is 40.7 Å². The van der Waals surface area contributed by atoms with E-state index in [0.717, 1.165) is 27.4 Å². The maximum absolute atomic E-state index is 5.97. The van der Waals surface area contributed by atoms with Gasteiger partial charge in [-0.05, 0) is 32.0 Å². The van der Waals surface area contributed by atoms with E-state index in [1.807, 2.05) is 32.0 Å². The van der Waals surface area contributed by atoms with Gasteiger partial charge in [-0.2, -0.15) is 0 Å². The summed E-state index contributed by atoms with van der Waals surface area (Å²) in [5, 5.41) is 3.98. The predicted molar refractivity (Wildman–Crippen MR) is 74.5 cm³/mol. The number of aromatic nitrogens is 2. The number of aromatic amines is 1. The second kappa shape index (κ2) is 5.10. The molecule has 0 atom stereocenters. The molecule has 17 heavy (non-hydrogen) atoms. The molecule has 90 valence electrons. The van der Waals surface area contributed by atoms with E-state index in [4.69, 9.17) is 11.6 Å². The van der Waals surface area contributed by atoms with Crippen molar-refractivity contribution in [3.05, 3.63) is 44.9 Å². The van der Waals surface area contributed by atoms with Crippen LogP contribution in [0.4, 0.5) is 5.69 Å². The van der Waals surface area contributed by atoms with E-state index in [9.17, 15) is 0 Å². The van der Waals surface area contributed by atoms with Crippen molar-refractivity contribution in [1.29, 1.82) is 0 Å². The highest BCUT2D eigenvalue weighted by Crippen LogP contribution is 2.23. The van der Waals surface area contributed by atoms with Gasteiger partial charge in [-0.3, -0.25) is 0 Å². The van der Waals surface area contributed by atoms with Crippen LogP contribution in [0.15, 0.2) is 22.7 Å². The summed E-state index contributed by atoms with van der Waals surface area (Å²) in [5.41, 5.74) is 3.11. The van der Waals surface area contributed by atoms with Crippen LogP contribution in [0.1, 0.15) is 17.2 Å². The second-order valence-electron chi connectivity index (χ2n) is 3.91. The van der Waals surface area contributed by atoms with E-state index in [1.165, 1.54) is 0 Å². The first-order valence-electron chi connectivity index (χ1n) is 5.26.